The summed E-state index contributed by atoms with van der Waals surface area (Å²) in [6, 6.07) is 1.97. The zero-order chi connectivity index (χ0) is 16.1. The highest BCUT2D eigenvalue weighted by atomic mass is 32.2. The molecule has 2 N–H and O–H groups in total. The van der Waals surface area contributed by atoms with Gasteiger partial charge in [0.2, 0.25) is 0 Å². The molecule has 8 nitrogen and oxygen atoms in total. The fourth-order valence-electron chi connectivity index (χ4n) is 2.98. The lowest BCUT2D eigenvalue weighted by Gasteiger charge is -2.18. The molecule has 9 heteroatoms. The Balaban J connectivity index is 1.46. The molecule has 2 aliphatic heterocycles. The van der Waals surface area contributed by atoms with Gasteiger partial charge >= 0.3 is 0 Å². The van der Waals surface area contributed by atoms with Crippen LogP contribution in [0.1, 0.15) is 25.7 Å². The second-order valence-electron chi connectivity index (χ2n) is 5.93. The molecule has 3 heterocycles. The van der Waals surface area contributed by atoms with Gasteiger partial charge in [0.05, 0.1) is 11.9 Å². The molecule has 2 aliphatic rings. The highest BCUT2D eigenvalue weighted by molar-refractivity contribution is 7.87. The fraction of sp³-hybridized carbons (Fsp3) is 0.714. The van der Waals surface area contributed by atoms with Crippen LogP contribution < -0.4 is 14.9 Å². The summed E-state index contributed by atoms with van der Waals surface area (Å²) >= 11 is 0. The van der Waals surface area contributed by atoms with E-state index in [-0.39, 0.29) is 0 Å². The van der Waals surface area contributed by atoms with E-state index >= 15 is 0 Å². The Morgan fingerprint density at radius 3 is 2.48 bits per heavy atom. The van der Waals surface area contributed by atoms with Crippen LogP contribution in [0.4, 0.5) is 11.5 Å². The molecule has 2 saturated heterocycles. The molecule has 0 amide bonds. The number of hydrogen-bond acceptors (Lipinski definition) is 6. The second kappa shape index (κ2) is 7.41. The standard InChI is InChI=1S/C14H24N6O2S/c21-23(22,20-9-3-4-10-20)17-6-5-15-14-11-13(12-16-18-14)19-7-1-2-8-19/h11-12,17H,1-10H2,(H,15,18). The normalized spacial score (nSPS) is 19.4. The van der Waals surface area contributed by atoms with E-state index < -0.39 is 10.2 Å². The van der Waals surface area contributed by atoms with Gasteiger partial charge in [0.25, 0.3) is 10.2 Å². The van der Waals surface area contributed by atoms with Crippen molar-refractivity contribution in [1.82, 2.24) is 19.2 Å². The number of hydrogen-bond donors (Lipinski definition) is 2. The molecule has 1 aromatic heterocycles. The van der Waals surface area contributed by atoms with Gasteiger partial charge in [0, 0.05) is 45.3 Å². The van der Waals surface area contributed by atoms with Crippen LogP contribution in [0.25, 0.3) is 0 Å². The Labute approximate surface area is 137 Å². The van der Waals surface area contributed by atoms with Crippen LogP contribution in [-0.2, 0) is 10.2 Å². The molecular weight excluding hydrogens is 316 g/mol. The van der Waals surface area contributed by atoms with Crippen molar-refractivity contribution in [3.05, 3.63) is 12.3 Å². The minimum Gasteiger partial charge on any atom is -0.370 e. The lowest BCUT2D eigenvalue weighted by molar-refractivity contribution is 0.466. The van der Waals surface area contributed by atoms with Gasteiger partial charge in [-0.15, -0.1) is 5.10 Å². The minimum atomic E-state index is -3.34. The SMILES string of the molecule is O=S(=O)(NCCNc1cc(N2CCCC2)cnn1)N1CCCC1. The first-order chi connectivity index (χ1) is 11.1. The van der Waals surface area contributed by atoms with Crippen LogP contribution in [-0.4, -0.2) is 62.2 Å². The average molecular weight is 340 g/mol. The first-order valence-electron chi connectivity index (χ1n) is 8.21. The van der Waals surface area contributed by atoms with Crippen molar-refractivity contribution in [2.24, 2.45) is 0 Å². The van der Waals surface area contributed by atoms with E-state index in [0.717, 1.165) is 31.6 Å². The first kappa shape index (κ1) is 16.4. The van der Waals surface area contributed by atoms with E-state index in [4.69, 9.17) is 0 Å². The predicted molar refractivity (Wildman–Crippen MR) is 89.7 cm³/mol. The van der Waals surface area contributed by atoms with Crippen LogP contribution in [0.5, 0.6) is 0 Å². The fourth-order valence-corrected chi connectivity index (χ4v) is 4.26. The van der Waals surface area contributed by atoms with Gasteiger partial charge in [0.15, 0.2) is 5.82 Å². The van der Waals surface area contributed by atoms with E-state index in [2.05, 4.69) is 25.1 Å². The second-order valence-corrected chi connectivity index (χ2v) is 7.68. The summed E-state index contributed by atoms with van der Waals surface area (Å²) in [7, 11) is -3.34. The molecule has 3 rings (SSSR count). The third-order valence-corrected chi connectivity index (χ3v) is 5.85. The third-order valence-electron chi connectivity index (χ3n) is 4.23. The highest BCUT2D eigenvalue weighted by Crippen LogP contribution is 2.20. The number of anilines is 2. The molecule has 2 fully saturated rings. The van der Waals surface area contributed by atoms with Crippen molar-refractivity contribution in [2.75, 3.05) is 49.5 Å². The van der Waals surface area contributed by atoms with Crippen molar-refractivity contribution in [1.29, 1.82) is 0 Å². The summed E-state index contributed by atoms with van der Waals surface area (Å²) < 4.78 is 28.2. The molecule has 0 radical (unpaired) electrons. The Bertz CT molecular complexity index is 611. The van der Waals surface area contributed by atoms with Crippen molar-refractivity contribution in [2.45, 2.75) is 25.7 Å². The zero-order valence-corrected chi connectivity index (χ0v) is 14.1. The Morgan fingerprint density at radius 1 is 1.04 bits per heavy atom. The molecule has 0 atom stereocenters. The summed E-state index contributed by atoms with van der Waals surface area (Å²) in [6.07, 6.45) is 6.08. The van der Waals surface area contributed by atoms with Gasteiger partial charge in [0.1, 0.15) is 0 Å². The molecule has 23 heavy (non-hydrogen) atoms. The lowest BCUT2D eigenvalue weighted by atomic mass is 10.4. The van der Waals surface area contributed by atoms with Crippen molar-refractivity contribution >= 4 is 21.7 Å². The summed E-state index contributed by atoms with van der Waals surface area (Å²) in [5.41, 5.74) is 1.07. The quantitative estimate of drug-likeness (QED) is 0.699. The maximum Gasteiger partial charge on any atom is 0.279 e. The van der Waals surface area contributed by atoms with Crippen molar-refractivity contribution in [3.63, 3.8) is 0 Å². The lowest BCUT2D eigenvalue weighted by Crippen LogP contribution is -2.40. The average Bonchev–Trinajstić information content (AvgIpc) is 3.25. The molecule has 128 valence electrons. The van der Waals surface area contributed by atoms with Crippen molar-refractivity contribution in [3.8, 4) is 0 Å². The molecule has 0 bridgehead atoms. The minimum absolute atomic E-state index is 0.328. The number of aromatic nitrogens is 2. The van der Waals surface area contributed by atoms with Gasteiger partial charge < -0.3 is 10.2 Å². The van der Waals surface area contributed by atoms with Crippen LogP contribution in [0.3, 0.4) is 0 Å². The maximum atomic E-state index is 12.0. The van der Waals surface area contributed by atoms with Gasteiger partial charge in [-0.1, -0.05) is 0 Å². The summed E-state index contributed by atoms with van der Waals surface area (Å²) in [5, 5.41) is 11.2. The molecule has 0 unspecified atom stereocenters. The Hall–Kier alpha value is -1.45. The zero-order valence-electron chi connectivity index (χ0n) is 13.2. The van der Waals surface area contributed by atoms with E-state index in [1.54, 1.807) is 6.20 Å². The van der Waals surface area contributed by atoms with E-state index in [1.165, 1.54) is 17.1 Å². The summed E-state index contributed by atoms with van der Waals surface area (Å²) in [5.74, 6) is 0.676. The smallest absolute Gasteiger partial charge is 0.279 e. The van der Waals surface area contributed by atoms with E-state index in [0.29, 0.717) is 32.0 Å². The van der Waals surface area contributed by atoms with Crippen LogP contribution >= 0.6 is 0 Å². The van der Waals surface area contributed by atoms with E-state index in [1.807, 2.05) is 6.07 Å². The van der Waals surface area contributed by atoms with Gasteiger partial charge in [-0.05, 0) is 25.7 Å². The van der Waals surface area contributed by atoms with Gasteiger partial charge in [-0.25, -0.2) is 4.72 Å². The van der Waals surface area contributed by atoms with Crippen molar-refractivity contribution < 1.29 is 8.42 Å². The molecule has 1 aromatic rings. The van der Waals surface area contributed by atoms with Crippen LogP contribution in [0.2, 0.25) is 0 Å². The van der Waals surface area contributed by atoms with Crippen LogP contribution in [0, 0.1) is 0 Å². The maximum absolute atomic E-state index is 12.0. The van der Waals surface area contributed by atoms with Gasteiger partial charge in [-0.2, -0.15) is 17.8 Å². The summed E-state index contributed by atoms with van der Waals surface area (Å²) in [6.45, 7) is 4.15. The van der Waals surface area contributed by atoms with Crippen LogP contribution in [0.15, 0.2) is 12.3 Å². The first-order valence-corrected chi connectivity index (χ1v) is 9.65. The highest BCUT2D eigenvalue weighted by Gasteiger charge is 2.24. The third kappa shape index (κ3) is 4.30. The van der Waals surface area contributed by atoms with Gasteiger partial charge in [-0.3, -0.25) is 0 Å². The number of nitrogens with one attached hydrogen (secondary N) is 2. The predicted octanol–water partition coefficient (Wildman–Crippen LogP) is 0.419. The molecule has 0 spiro atoms. The molecule has 0 aliphatic carbocycles. The molecule has 0 aromatic carbocycles. The Morgan fingerprint density at radius 2 is 1.74 bits per heavy atom. The Kier molecular flexibility index (Phi) is 5.29. The molecule has 0 saturated carbocycles. The number of rotatable bonds is 7. The topological polar surface area (TPSA) is 90.5 Å². The largest absolute Gasteiger partial charge is 0.370 e. The molecular formula is C14H24N6O2S. The number of nitrogens with zero attached hydrogens (tertiary/aromatic N) is 4. The monoisotopic (exact) mass is 340 g/mol. The van der Waals surface area contributed by atoms with E-state index in [9.17, 15) is 8.42 Å². The summed E-state index contributed by atoms with van der Waals surface area (Å²) in [4.78, 5) is 2.29.